The Hall–Kier alpha value is -1.62. The smallest absolute Gasteiger partial charge is 0.237 e. The van der Waals surface area contributed by atoms with Gasteiger partial charge in [-0.2, -0.15) is 0 Å². The molecule has 1 aromatic carbocycles. The van der Waals surface area contributed by atoms with Crippen LogP contribution in [0.4, 0.5) is 0 Å². The first-order chi connectivity index (χ1) is 8.08. The van der Waals surface area contributed by atoms with Crippen LogP contribution in [0.3, 0.4) is 0 Å². The van der Waals surface area contributed by atoms with Gasteiger partial charge in [-0.05, 0) is 17.7 Å². The van der Waals surface area contributed by atoms with E-state index in [-0.39, 0.29) is 23.7 Å². The molecule has 5 nitrogen and oxygen atoms in total. The van der Waals surface area contributed by atoms with E-state index in [4.69, 9.17) is 11.6 Å². The van der Waals surface area contributed by atoms with E-state index in [2.05, 4.69) is 5.32 Å². The fraction of sp³-hybridized carbons (Fsp3) is 0.364. The van der Waals surface area contributed by atoms with Gasteiger partial charge < -0.3 is 5.32 Å². The molecule has 0 aromatic heterocycles. The number of hydrogen-bond donors (Lipinski definition) is 1. The summed E-state index contributed by atoms with van der Waals surface area (Å²) in [7, 11) is 0. The lowest BCUT2D eigenvalue weighted by Crippen LogP contribution is -2.45. The molecule has 90 valence electrons. The number of nitrogens with zero attached hydrogens (tertiary/aromatic N) is 1. The highest BCUT2D eigenvalue weighted by Gasteiger charge is 2.37. The van der Waals surface area contributed by atoms with Gasteiger partial charge in [-0.25, -0.2) is 0 Å². The lowest BCUT2D eigenvalue weighted by Gasteiger charge is -2.26. The molecule has 1 aliphatic heterocycles. The molecule has 17 heavy (non-hydrogen) atoms. The number of carbonyl (C=O) groups is 1. The summed E-state index contributed by atoms with van der Waals surface area (Å²) in [6.45, 7) is 0. The number of rotatable bonds is 2. The second kappa shape index (κ2) is 4.71. The average Bonchev–Trinajstić information content (AvgIpc) is 2.29. The fourth-order valence-electron chi connectivity index (χ4n) is 1.99. The molecule has 0 radical (unpaired) electrons. The number of carbonyl (C=O) groups excluding carboxylic acids is 1. The summed E-state index contributed by atoms with van der Waals surface area (Å²) >= 11 is 5.76. The van der Waals surface area contributed by atoms with E-state index in [0.717, 1.165) is 0 Å². The van der Waals surface area contributed by atoms with Gasteiger partial charge in [0.2, 0.25) is 11.9 Å². The van der Waals surface area contributed by atoms with Gasteiger partial charge in [-0.1, -0.05) is 23.7 Å². The van der Waals surface area contributed by atoms with Gasteiger partial charge in [0.25, 0.3) is 0 Å². The van der Waals surface area contributed by atoms with Gasteiger partial charge >= 0.3 is 0 Å². The molecule has 0 bridgehead atoms. The third-order valence-corrected chi connectivity index (χ3v) is 3.12. The van der Waals surface area contributed by atoms with E-state index < -0.39 is 12.1 Å². The van der Waals surface area contributed by atoms with Crippen molar-refractivity contribution in [2.45, 2.75) is 24.9 Å². The Labute approximate surface area is 103 Å². The van der Waals surface area contributed by atoms with E-state index in [1.54, 1.807) is 24.3 Å². The summed E-state index contributed by atoms with van der Waals surface area (Å²) in [4.78, 5) is 21.9. The number of halogens is 1. The van der Waals surface area contributed by atoms with Crippen molar-refractivity contribution in [3.8, 4) is 0 Å². The van der Waals surface area contributed by atoms with Gasteiger partial charge in [-0.3, -0.25) is 14.9 Å². The predicted octanol–water partition coefficient (Wildman–Crippen LogP) is 1.94. The molecule has 1 amide bonds. The van der Waals surface area contributed by atoms with Crippen molar-refractivity contribution in [1.82, 2.24) is 5.32 Å². The third-order valence-electron chi connectivity index (χ3n) is 2.87. The van der Waals surface area contributed by atoms with Crippen molar-refractivity contribution in [2.75, 3.05) is 0 Å². The molecular weight excluding hydrogens is 244 g/mol. The van der Waals surface area contributed by atoms with E-state index >= 15 is 0 Å². The summed E-state index contributed by atoms with van der Waals surface area (Å²) in [5.41, 5.74) is 0.712. The highest BCUT2D eigenvalue weighted by molar-refractivity contribution is 6.30. The van der Waals surface area contributed by atoms with Crippen LogP contribution in [-0.2, 0) is 4.79 Å². The minimum absolute atomic E-state index is 0.150. The summed E-state index contributed by atoms with van der Waals surface area (Å²) < 4.78 is 0. The lowest BCUT2D eigenvalue weighted by molar-refractivity contribution is -0.529. The molecule has 1 saturated heterocycles. The SMILES string of the molecule is O=C1CC[C@H]([N+](=O)[O-])[C@H](c2ccc(Cl)cc2)N1. The highest BCUT2D eigenvalue weighted by Crippen LogP contribution is 2.27. The molecule has 1 heterocycles. The number of benzene rings is 1. The van der Waals surface area contributed by atoms with Gasteiger partial charge in [0.05, 0.1) is 0 Å². The first-order valence-electron chi connectivity index (χ1n) is 5.26. The molecule has 0 spiro atoms. The Morgan fingerprint density at radius 1 is 1.35 bits per heavy atom. The second-order valence-electron chi connectivity index (χ2n) is 3.99. The molecule has 6 heteroatoms. The van der Waals surface area contributed by atoms with Crippen LogP contribution in [0.1, 0.15) is 24.4 Å². The zero-order valence-electron chi connectivity index (χ0n) is 8.93. The van der Waals surface area contributed by atoms with E-state index in [9.17, 15) is 14.9 Å². The predicted molar refractivity (Wildman–Crippen MR) is 62.4 cm³/mol. The maximum Gasteiger partial charge on any atom is 0.237 e. The molecule has 2 atom stereocenters. The van der Waals surface area contributed by atoms with Gasteiger partial charge in [-0.15, -0.1) is 0 Å². The monoisotopic (exact) mass is 254 g/mol. The highest BCUT2D eigenvalue weighted by atomic mass is 35.5. The Balaban J connectivity index is 2.28. The quantitative estimate of drug-likeness (QED) is 0.647. The summed E-state index contributed by atoms with van der Waals surface area (Å²) in [6, 6.07) is 5.39. The van der Waals surface area contributed by atoms with Crippen molar-refractivity contribution in [3.63, 3.8) is 0 Å². The van der Waals surface area contributed by atoms with Crippen molar-refractivity contribution in [3.05, 3.63) is 45.0 Å². The van der Waals surface area contributed by atoms with E-state index in [0.29, 0.717) is 10.6 Å². The Morgan fingerprint density at radius 3 is 2.59 bits per heavy atom. The third kappa shape index (κ3) is 2.55. The van der Waals surface area contributed by atoms with Crippen molar-refractivity contribution in [2.24, 2.45) is 0 Å². The number of nitro groups is 1. The summed E-state index contributed by atoms with van der Waals surface area (Å²) in [5, 5.41) is 14.2. The molecule has 1 N–H and O–H groups in total. The fourth-order valence-corrected chi connectivity index (χ4v) is 2.12. The Bertz CT molecular complexity index is 447. The van der Waals surface area contributed by atoms with Crippen LogP contribution in [0.15, 0.2) is 24.3 Å². The molecule has 1 aliphatic rings. The molecule has 1 fully saturated rings. The first kappa shape index (κ1) is 11.9. The Kier molecular flexibility index (Phi) is 3.28. The van der Waals surface area contributed by atoms with Crippen LogP contribution < -0.4 is 5.32 Å². The zero-order chi connectivity index (χ0) is 12.4. The van der Waals surface area contributed by atoms with Crippen molar-refractivity contribution in [1.29, 1.82) is 0 Å². The maximum absolute atomic E-state index is 11.3. The average molecular weight is 255 g/mol. The van der Waals surface area contributed by atoms with Crippen LogP contribution in [0, 0.1) is 10.1 Å². The molecule has 0 saturated carbocycles. The van der Waals surface area contributed by atoms with Gasteiger partial charge in [0, 0.05) is 22.8 Å². The first-order valence-corrected chi connectivity index (χ1v) is 5.64. The molecule has 0 unspecified atom stereocenters. The number of amides is 1. The van der Waals surface area contributed by atoms with Crippen LogP contribution in [0.25, 0.3) is 0 Å². The van der Waals surface area contributed by atoms with Crippen LogP contribution in [0.5, 0.6) is 0 Å². The molecule has 0 aliphatic carbocycles. The molecular formula is C11H11ClN2O3. The van der Waals surface area contributed by atoms with E-state index in [1.807, 2.05) is 0 Å². The molecule has 1 aromatic rings. The van der Waals surface area contributed by atoms with E-state index in [1.165, 1.54) is 0 Å². The van der Waals surface area contributed by atoms with Crippen molar-refractivity contribution >= 4 is 17.5 Å². The van der Waals surface area contributed by atoms with Crippen LogP contribution >= 0.6 is 11.6 Å². The van der Waals surface area contributed by atoms with Crippen LogP contribution in [0.2, 0.25) is 5.02 Å². The maximum atomic E-state index is 11.3. The minimum atomic E-state index is -0.770. The lowest BCUT2D eigenvalue weighted by atomic mass is 9.92. The molecule has 2 rings (SSSR count). The van der Waals surface area contributed by atoms with Crippen LogP contribution in [-0.4, -0.2) is 16.9 Å². The number of hydrogen-bond acceptors (Lipinski definition) is 3. The normalized spacial score (nSPS) is 24.2. The van der Waals surface area contributed by atoms with Gasteiger partial charge in [0.1, 0.15) is 6.04 Å². The number of nitrogens with one attached hydrogen (secondary N) is 1. The Morgan fingerprint density at radius 2 is 2.00 bits per heavy atom. The number of piperidine rings is 1. The minimum Gasteiger partial charge on any atom is -0.343 e. The topological polar surface area (TPSA) is 72.2 Å². The summed E-state index contributed by atoms with van der Waals surface area (Å²) in [5.74, 6) is -0.150. The van der Waals surface area contributed by atoms with Crippen molar-refractivity contribution < 1.29 is 9.72 Å². The summed E-state index contributed by atoms with van der Waals surface area (Å²) in [6.07, 6.45) is 0.474. The van der Waals surface area contributed by atoms with Gasteiger partial charge in [0.15, 0.2) is 0 Å². The second-order valence-corrected chi connectivity index (χ2v) is 4.42. The zero-order valence-corrected chi connectivity index (χ0v) is 9.68. The standard InChI is InChI=1S/C11H11ClN2O3/c12-8-3-1-7(2-4-8)11-9(14(16)17)5-6-10(15)13-11/h1-4,9,11H,5-6H2,(H,13,15)/t9-,11-/m0/s1. The largest absolute Gasteiger partial charge is 0.343 e.